The van der Waals surface area contributed by atoms with E-state index in [-0.39, 0.29) is 5.91 Å². The van der Waals surface area contributed by atoms with Gasteiger partial charge in [0.05, 0.1) is 7.11 Å². The van der Waals surface area contributed by atoms with E-state index in [0.29, 0.717) is 12.3 Å². The average Bonchev–Trinajstić information content (AvgIpc) is 2.44. The van der Waals surface area contributed by atoms with Crippen LogP contribution in [-0.4, -0.2) is 19.6 Å². The molecule has 1 aliphatic carbocycles. The summed E-state index contributed by atoms with van der Waals surface area (Å²) >= 11 is 0. The maximum atomic E-state index is 11.6. The molecule has 3 heteroatoms. The second-order valence-electron chi connectivity index (χ2n) is 5.21. The molecule has 0 spiro atoms. The second-order valence-corrected chi connectivity index (χ2v) is 5.21. The molecule has 0 saturated heterocycles. The molecule has 0 fully saturated rings. The number of aryl methyl sites for hydroxylation is 1. The number of fused-ring (bicyclic) bond motifs is 1. The normalized spacial score (nSPS) is 17.7. The van der Waals surface area contributed by atoms with Crippen LogP contribution in [0.15, 0.2) is 18.2 Å². The van der Waals surface area contributed by atoms with Crippen molar-refractivity contribution in [3.8, 4) is 5.75 Å². The summed E-state index contributed by atoms with van der Waals surface area (Å²) in [6.45, 7) is 2.78. The first-order valence-corrected chi connectivity index (χ1v) is 7.18. The topological polar surface area (TPSA) is 38.3 Å². The van der Waals surface area contributed by atoms with E-state index in [1.165, 1.54) is 17.5 Å². The summed E-state index contributed by atoms with van der Waals surface area (Å²) in [5, 5.41) is 3.05. The average molecular weight is 261 g/mol. The molecular formula is C16H23NO2. The molecule has 0 saturated carbocycles. The number of hydrogen-bond acceptors (Lipinski definition) is 2. The maximum Gasteiger partial charge on any atom is 0.220 e. The van der Waals surface area contributed by atoms with Gasteiger partial charge in [0.15, 0.2) is 0 Å². The van der Waals surface area contributed by atoms with Crippen LogP contribution in [0.3, 0.4) is 0 Å². The largest absolute Gasteiger partial charge is 0.497 e. The van der Waals surface area contributed by atoms with Gasteiger partial charge in [0.25, 0.3) is 0 Å². The lowest BCUT2D eigenvalue weighted by molar-refractivity contribution is -0.121. The number of methoxy groups -OCH3 is 1. The van der Waals surface area contributed by atoms with Crippen molar-refractivity contribution in [2.45, 2.75) is 44.9 Å². The maximum absolute atomic E-state index is 11.6. The van der Waals surface area contributed by atoms with Crippen LogP contribution in [-0.2, 0) is 11.2 Å². The van der Waals surface area contributed by atoms with E-state index in [2.05, 4.69) is 17.4 Å². The number of benzene rings is 1. The fourth-order valence-electron chi connectivity index (χ4n) is 2.77. The van der Waals surface area contributed by atoms with Gasteiger partial charge in [0.2, 0.25) is 5.91 Å². The highest BCUT2D eigenvalue weighted by atomic mass is 16.5. The van der Waals surface area contributed by atoms with E-state index >= 15 is 0 Å². The minimum Gasteiger partial charge on any atom is -0.497 e. The van der Waals surface area contributed by atoms with Crippen LogP contribution in [0.1, 0.15) is 49.7 Å². The lowest BCUT2D eigenvalue weighted by atomic mass is 9.82. The number of carbonyl (C=O) groups excluding carboxylic acids is 1. The first-order valence-electron chi connectivity index (χ1n) is 7.18. The Morgan fingerprint density at radius 2 is 2.32 bits per heavy atom. The van der Waals surface area contributed by atoms with Gasteiger partial charge in [-0.3, -0.25) is 4.79 Å². The SMILES string of the molecule is CCCC(=O)NCC1CCCc2ccc(OC)cc21. The van der Waals surface area contributed by atoms with E-state index in [9.17, 15) is 4.79 Å². The van der Waals surface area contributed by atoms with Crippen LogP contribution in [0.2, 0.25) is 0 Å². The molecule has 1 atom stereocenters. The Hall–Kier alpha value is -1.51. The monoisotopic (exact) mass is 261 g/mol. The van der Waals surface area contributed by atoms with Gasteiger partial charge < -0.3 is 10.1 Å². The summed E-state index contributed by atoms with van der Waals surface area (Å²) < 4.78 is 5.31. The molecule has 104 valence electrons. The zero-order valence-corrected chi connectivity index (χ0v) is 11.9. The van der Waals surface area contributed by atoms with E-state index < -0.39 is 0 Å². The molecule has 1 N–H and O–H groups in total. The Morgan fingerprint density at radius 3 is 3.05 bits per heavy atom. The lowest BCUT2D eigenvalue weighted by Crippen LogP contribution is -2.29. The molecule has 2 rings (SSSR count). The molecule has 3 nitrogen and oxygen atoms in total. The van der Waals surface area contributed by atoms with Crippen molar-refractivity contribution < 1.29 is 9.53 Å². The fraction of sp³-hybridized carbons (Fsp3) is 0.562. The molecule has 1 unspecified atom stereocenters. The Bertz CT molecular complexity index is 442. The van der Waals surface area contributed by atoms with Crippen LogP contribution >= 0.6 is 0 Å². The summed E-state index contributed by atoms with van der Waals surface area (Å²) in [6, 6.07) is 6.32. The first-order chi connectivity index (χ1) is 9.24. The van der Waals surface area contributed by atoms with Crippen LogP contribution in [0.5, 0.6) is 5.75 Å². The van der Waals surface area contributed by atoms with Crippen molar-refractivity contribution in [1.29, 1.82) is 0 Å². The molecule has 1 aliphatic rings. The predicted octanol–water partition coefficient (Wildman–Crippen LogP) is 3.03. The van der Waals surface area contributed by atoms with Crippen LogP contribution < -0.4 is 10.1 Å². The van der Waals surface area contributed by atoms with Gasteiger partial charge in [-0.15, -0.1) is 0 Å². The Morgan fingerprint density at radius 1 is 1.47 bits per heavy atom. The van der Waals surface area contributed by atoms with Gasteiger partial charge in [-0.25, -0.2) is 0 Å². The van der Waals surface area contributed by atoms with Crippen LogP contribution in [0.4, 0.5) is 0 Å². The zero-order valence-electron chi connectivity index (χ0n) is 11.9. The number of ether oxygens (including phenoxy) is 1. The van der Waals surface area contributed by atoms with Gasteiger partial charge in [0, 0.05) is 18.9 Å². The zero-order chi connectivity index (χ0) is 13.7. The lowest BCUT2D eigenvalue weighted by Gasteiger charge is -2.26. The second kappa shape index (κ2) is 6.60. The molecule has 1 amide bonds. The van der Waals surface area contributed by atoms with Crippen molar-refractivity contribution in [2.75, 3.05) is 13.7 Å². The van der Waals surface area contributed by atoms with Crippen molar-refractivity contribution in [1.82, 2.24) is 5.32 Å². The summed E-state index contributed by atoms with van der Waals surface area (Å²) in [6.07, 6.45) is 5.01. The number of rotatable bonds is 5. The summed E-state index contributed by atoms with van der Waals surface area (Å²) in [4.78, 5) is 11.6. The van der Waals surface area contributed by atoms with E-state index in [1.807, 2.05) is 13.0 Å². The van der Waals surface area contributed by atoms with Crippen molar-refractivity contribution in [3.05, 3.63) is 29.3 Å². The van der Waals surface area contributed by atoms with Gasteiger partial charge in [-0.05, 0) is 48.9 Å². The van der Waals surface area contributed by atoms with Crippen LogP contribution in [0.25, 0.3) is 0 Å². The smallest absolute Gasteiger partial charge is 0.220 e. The first kappa shape index (κ1) is 13.9. The molecule has 0 aliphatic heterocycles. The van der Waals surface area contributed by atoms with E-state index in [0.717, 1.165) is 31.6 Å². The minimum absolute atomic E-state index is 0.164. The molecule has 19 heavy (non-hydrogen) atoms. The van der Waals surface area contributed by atoms with Gasteiger partial charge in [-0.2, -0.15) is 0 Å². The third-order valence-corrected chi connectivity index (χ3v) is 3.81. The van der Waals surface area contributed by atoms with Crippen molar-refractivity contribution in [3.63, 3.8) is 0 Å². The van der Waals surface area contributed by atoms with E-state index in [1.54, 1.807) is 7.11 Å². The van der Waals surface area contributed by atoms with Gasteiger partial charge >= 0.3 is 0 Å². The standard InChI is InChI=1S/C16H23NO2/c1-3-5-16(18)17-11-13-7-4-6-12-8-9-14(19-2)10-15(12)13/h8-10,13H,3-7,11H2,1-2H3,(H,17,18). The number of amides is 1. The molecule has 1 aromatic rings. The highest BCUT2D eigenvalue weighted by Crippen LogP contribution is 2.33. The van der Waals surface area contributed by atoms with E-state index in [4.69, 9.17) is 4.74 Å². The molecule has 0 radical (unpaired) electrons. The predicted molar refractivity (Wildman–Crippen MR) is 76.6 cm³/mol. The molecule has 1 aromatic carbocycles. The summed E-state index contributed by atoms with van der Waals surface area (Å²) in [7, 11) is 1.70. The quantitative estimate of drug-likeness (QED) is 0.884. The summed E-state index contributed by atoms with van der Waals surface area (Å²) in [5.74, 6) is 1.50. The summed E-state index contributed by atoms with van der Waals surface area (Å²) in [5.41, 5.74) is 2.75. The Labute approximate surface area is 115 Å². The van der Waals surface area contributed by atoms with Gasteiger partial charge in [-0.1, -0.05) is 13.0 Å². The van der Waals surface area contributed by atoms with Crippen LogP contribution in [0, 0.1) is 0 Å². The minimum atomic E-state index is 0.164. The third kappa shape index (κ3) is 3.49. The van der Waals surface area contributed by atoms with Gasteiger partial charge in [0.1, 0.15) is 5.75 Å². The molecule has 0 aromatic heterocycles. The fourth-order valence-corrected chi connectivity index (χ4v) is 2.77. The highest BCUT2D eigenvalue weighted by Gasteiger charge is 2.21. The number of carbonyl (C=O) groups is 1. The number of hydrogen-bond donors (Lipinski definition) is 1. The Balaban J connectivity index is 2.06. The Kier molecular flexibility index (Phi) is 4.83. The third-order valence-electron chi connectivity index (χ3n) is 3.81. The van der Waals surface area contributed by atoms with Crippen molar-refractivity contribution >= 4 is 5.91 Å². The molecule has 0 bridgehead atoms. The number of nitrogens with one attached hydrogen (secondary N) is 1. The van der Waals surface area contributed by atoms with Crippen molar-refractivity contribution in [2.24, 2.45) is 0 Å². The molecule has 0 heterocycles. The molecular weight excluding hydrogens is 238 g/mol. The highest BCUT2D eigenvalue weighted by molar-refractivity contribution is 5.75.